The average Bonchev–Trinajstić information content (AvgIpc) is 2.71. The van der Waals surface area contributed by atoms with E-state index in [1.165, 1.54) is 0 Å². The van der Waals surface area contributed by atoms with Crippen molar-refractivity contribution in [3.8, 4) is 0 Å². The van der Waals surface area contributed by atoms with Crippen molar-refractivity contribution in [3.05, 3.63) is 34.6 Å². The van der Waals surface area contributed by atoms with Crippen LogP contribution in [0, 0.1) is 11.7 Å². The van der Waals surface area contributed by atoms with E-state index in [4.69, 9.17) is 16.3 Å². The van der Waals surface area contributed by atoms with Crippen LogP contribution in [0.2, 0.25) is 5.02 Å². The third-order valence-corrected chi connectivity index (χ3v) is 3.26. The molecule has 0 spiro atoms. The maximum absolute atomic E-state index is 13.8. The van der Waals surface area contributed by atoms with Crippen LogP contribution in [-0.4, -0.2) is 20.2 Å². The molecular weight excluding hydrogens is 229 g/mol. The molecule has 0 aromatic heterocycles. The minimum absolute atomic E-state index is 0.163. The summed E-state index contributed by atoms with van der Waals surface area (Å²) in [6.07, 6.45) is 0.781. The second-order valence-electron chi connectivity index (χ2n) is 4.04. The lowest BCUT2D eigenvalue weighted by Crippen LogP contribution is -2.22. The van der Waals surface area contributed by atoms with Gasteiger partial charge in [0.1, 0.15) is 5.82 Å². The lowest BCUT2D eigenvalue weighted by atomic mass is 9.95. The van der Waals surface area contributed by atoms with Gasteiger partial charge in [0.05, 0.1) is 11.1 Å². The molecule has 1 aliphatic rings. The summed E-state index contributed by atoms with van der Waals surface area (Å²) in [5.74, 6) is -0.0323. The lowest BCUT2D eigenvalue weighted by Gasteiger charge is -2.19. The van der Waals surface area contributed by atoms with Crippen molar-refractivity contribution < 1.29 is 9.13 Å². The summed E-state index contributed by atoms with van der Waals surface area (Å²) in [5.41, 5.74) is 0.574. The molecule has 4 heteroatoms. The fourth-order valence-electron chi connectivity index (χ4n) is 2.19. The van der Waals surface area contributed by atoms with Gasteiger partial charge in [-0.2, -0.15) is 0 Å². The molecular formula is C12H15ClFNO. The molecule has 88 valence electrons. The van der Waals surface area contributed by atoms with Crippen molar-refractivity contribution >= 4 is 11.6 Å². The third-order valence-electron chi connectivity index (χ3n) is 2.97. The molecule has 1 saturated heterocycles. The van der Waals surface area contributed by atoms with Crippen molar-refractivity contribution in [1.29, 1.82) is 0 Å². The largest absolute Gasteiger partial charge is 0.373 e. The Labute approximate surface area is 99.7 Å². The minimum Gasteiger partial charge on any atom is -0.373 e. The first-order chi connectivity index (χ1) is 7.74. The number of hydrogen-bond acceptors (Lipinski definition) is 2. The summed E-state index contributed by atoms with van der Waals surface area (Å²) in [5, 5.41) is 3.27. The fourth-order valence-corrected chi connectivity index (χ4v) is 2.37. The smallest absolute Gasteiger partial charge is 0.147 e. The summed E-state index contributed by atoms with van der Waals surface area (Å²) >= 11 is 5.77. The van der Waals surface area contributed by atoms with E-state index in [0.717, 1.165) is 13.0 Å². The van der Waals surface area contributed by atoms with Gasteiger partial charge >= 0.3 is 0 Å². The zero-order chi connectivity index (χ0) is 11.5. The Bertz CT molecular complexity index is 372. The molecule has 0 saturated carbocycles. The molecule has 2 nitrogen and oxygen atoms in total. The standard InChI is InChI=1S/C12H15ClFNO/c1-15-7-8-5-6-16-12(8)9-3-2-4-10(13)11(9)14/h2-4,8,12,15H,5-7H2,1H3. The molecule has 2 unspecified atom stereocenters. The van der Waals surface area contributed by atoms with Gasteiger partial charge in [0.2, 0.25) is 0 Å². The predicted molar refractivity (Wildman–Crippen MR) is 62.1 cm³/mol. The van der Waals surface area contributed by atoms with Gasteiger partial charge in [0, 0.05) is 24.6 Å². The van der Waals surface area contributed by atoms with Crippen LogP contribution in [0.4, 0.5) is 4.39 Å². The van der Waals surface area contributed by atoms with Crippen molar-refractivity contribution in [1.82, 2.24) is 5.32 Å². The maximum atomic E-state index is 13.8. The van der Waals surface area contributed by atoms with E-state index in [1.54, 1.807) is 18.2 Å². The highest BCUT2D eigenvalue weighted by Gasteiger charge is 2.31. The molecule has 1 aromatic rings. The van der Waals surface area contributed by atoms with Crippen LogP contribution in [0.1, 0.15) is 18.1 Å². The second kappa shape index (κ2) is 5.13. The van der Waals surface area contributed by atoms with Gasteiger partial charge in [-0.1, -0.05) is 23.7 Å². The molecule has 0 bridgehead atoms. The molecule has 1 heterocycles. The molecule has 0 amide bonds. The molecule has 1 fully saturated rings. The predicted octanol–water partition coefficient (Wildman–Crippen LogP) is 2.78. The van der Waals surface area contributed by atoms with Crippen molar-refractivity contribution in [2.24, 2.45) is 5.92 Å². The van der Waals surface area contributed by atoms with E-state index < -0.39 is 0 Å². The average molecular weight is 244 g/mol. The van der Waals surface area contributed by atoms with E-state index in [0.29, 0.717) is 18.1 Å². The molecule has 16 heavy (non-hydrogen) atoms. The van der Waals surface area contributed by atoms with Gasteiger partial charge in [-0.15, -0.1) is 0 Å². The molecule has 2 rings (SSSR count). The third kappa shape index (κ3) is 2.21. The zero-order valence-electron chi connectivity index (χ0n) is 9.17. The second-order valence-corrected chi connectivity index (χ2v) is 4.45. The van der Waals surface area contributed by atoms with Crippen LogP contribution in [0.15, 0.2) is 18.2 Å². The van der Waals surface area contributed by atoms with Gasteiger partial charge in [0.15, 0.2) is 0 Å². The number of ether oxygens (including phenoxy) is 1. The van der Waals surface area contributed by atoms with Crippen LogP contribution in [0.25, 0.3) is 0 Å². The van der Waals surface area contributed by atoms with Gasteiger partial charge in [-0.3, -0.25) is 0 Å². The summed E-state index contributed by atoms with van der Waals surface area (Å²) < 4.78 is 19.4. The molecule has 0 radical (unpaired) electrons. The van der Waals surface area contributed by atoms with Crippen LogP contribution >= 0.6 is 11.6 Å². The number of rotatable bonds is 3. The van der Waals surface area contributed by atoms with Crippen molar-refractivity contribution in [2.45, 2.75) is 12.5 Å². The Hall–Kier alpha value is -0.640. The molecule has 1 aliphatic heterocycles. The Morgan fingerprint density at radius 2 is 2.38 bits per heavy atom. The highest BCUT2D eigenvalue weighted by Crippen LogP contribution is 2.36. The highest BCUT2D eigenvalue weighted by atomic mass is 35.5. The van der Waals surface area contributed by atoms with Gasteiger partial charge in [0.25, 0.3) is 0 Å². The van der Waals surface area contributed by atoms with Crippen molar-refractivity contribution in [3.63, 3.8) is 0 Å². The number of hydrogen-bond donors (Lipinski definition) is 1. The SMILES string of the molecule is CNCC1CCOC1c1cccc(Cl)c1F. The Morgan fingerprint density at radius 3 is 3.12 bits per heavy atom. The summed E-state index contributed by atoms with van der Waals surface area (Å²) in [6, 6.07) is 5.07. The summed E-state index contributed by atoms with van der Waals surface area (Å²) in [4.78, 5) is 0. The van der Waals surface area contributed by atoms with Gasteiger partial charge in [-0.05, 0) is 19.5 Å². The molecule has 1 aromatic carbocycles. The Morgan fingerprint density at radius 1 is 1.56 bits per heavy atom. The van der Waals surface area contributed by atoms with Crippen LogP contribution in [0.3, 0.4) is 0 Å². The first-order valence-electron chi connectivity index (χ1n) is 5.44. The maximum Gasteiger partial charge on any atom is 0.147 e. The number of halogens is 2. The first-order valence-corrected chi connectivity index (χ1v) is 5.82. The van der Waals surface area contributed by atoms with Gasteiger partial charge < -0.3 is 10.1 Å². The van der Waals surface area contributed by atoms with Crippen molar-refractivity contribution in [2.75, 3.05) is 20.2 Å². The quantitative estimate of drug-likeness (QED) is 0.882. The Balaban J connectivity index is 2.25. The van der Waals surface area contributed by atoms with E-state index in [9.17, 15) is 4.39 Å². The van der Waals surface area contributed by atoms with Gasteiger partial charge in [-0.25, -0.2) is 4.39 Å². The zero-order valence-corrected chi connectivity index (χ0v) is 9.93. The fraction of sp³-hybridized carbons (Fsp3) is 0.500. The first kappa shape index (κ1) is 11.8. The summed E-state index contributed by atoms with van der Waals surface area (Å²) in [7, 11) is 1.89. The van der Waals surface area contributed by atoms with E-state index in [1.807, 2.05) is 7.05 Å². The number of nitrogens with one attached hydrogen (secondary N) is 1. The van der Waals surface area contributed by atoms with E-state index in [2.05, 4.69) is 5.32 Å². The van der Waals surface area contributed by atoms with Crippen LogP contribution < -0.4 is 5.32 Å². The molecule has 2 atom stereocenters. The topological polar surface area (TPSA) is 21.3 Å². The number of benzene rings is 1. The minimum atomic E-state index is -0.350. The Kier molecular flexibility index (Phi) is 3.79. The normalized spacial score (nSPS) is 24.9. The summed E-state index contributed by atoms with van der Waals surface area (Å²) in [6.45, 7) is 1.51. The van der Waals surface area contributed by atoms with Crippen LogP contribution in [0.5, 0.6) is 0 Å². The molecule has 1 N–H and O–H groups in total. The lowest BCUT2D eigenvalue weighted by molar-refractivity contribution is 0.0879. The highest BCUT2D eigenvalue weighted by molar-refractivity contribution is 6.30. The molecule has 0 aliphatic carbocycles. The van der Waals surface area contributed by atoms with Crippen LogP contribution in [-0.2, 0) is 4.74 Å². The van der Waals surface area contributed by atoms with E-state index >= 15 is 0 Å². The monoisotopic (exact) mass is 243 g/mol. The van der Waals surface area contributed by atoms with E-state index in [-0.39, 0.29) is 16.9 Å².